The van der Waals surface area contributed by atoms with Crippen LogP contribution in [0.2, 0.25) is 0 Å². The highest BCUT2D eigenvalue weighted by atomic mass is 35.5. The van der Waals surface area contributed by atoms with Crippen LogP contribution >= 0.6 is 12.4 Å². The standard InChI is InChI=1S/C13H17NO3.ClH/c15-13(16)9-11-1-3-12(4-2-11)10-14-5-7-17-8-6-14;/h1-4H,5-10H2,(H,15,16);1H. The first-order valence-corrected chi connectivity index (χ1v) is 5.84. The van der Waals surface area contributed by atoms with Gasteiger partial charge in [0.25, 0.3) is 0 Å². The van der Waals surface area contributed by atoms with Gasteiger partial charge in [0.15, 0.2) is 0 Å². The maximum Gasteiger partial charge on any atom is 0.307 e. The Morgan fingerprint density at radius 3 is 2.28 bits per heavy atom. The average molecular weight is 272 g/mol. The molecule has 100 valence electrons. The largest absolute Gasteiger partial charge is 0.481 e. The fourth-order valence-electron chi connectivity index (χ4n) is 1.95. The van der Waals surface area contributed by atoms with Gasteiger partial charge in [-0.15, -0.1) is 12.4 Å². The third-order valence-electron chi connectivity index (χ3n) is 2.89. The maximum absolute atomic E-state index is 10.5. The number of carboxylic acids is 1. The van der Waals surface area contributed by atoms with Gasteiger partial charge < -0.3 is 9.84 Å². The lowest BCUT2D eigenvalue weighted by atomic mass is 10.1. The summed E-state index contributed by atoms with van der Waals surface area (Å²) < 4.78 is 5.29. The molecule has 0 atom stereocenters. The number of morpholine rings is 1. The lowest BCUT2D eigenvalue weighted by molar-refractivity contribution is -0.136. The summed E-state index contributed by atoms with van der Waals surface area (Å²) >= 11 is 0. The van der Waals surface area contributed by atoms with E-state index in [-0.39, 0.29) is 18.8 Å². The van der Waals surface area contributed by atoms with Crippen molar-refractivity contribution in [3.63, 3.8) is 0 Å². The van der Waals surface area contributed by atoms with Gasteiger partial charge in [0.1, 0.15) is 0 Å². The van der Waals surface area contributed by atoms with Crippen molar-refractivity contribution in [2.75, 3.05) is 26.3 Å². The zero-order valence-corrected chi connectivity index (χ0v) is 11.0. The van der Waals surface area contributed by atoms with Gasteiger partial charge in [-0.25, -0.2) is 0 Å². The summed E-state index contributed by atoms with van der Waals surface area (Å²) in [5.74, 6) is -0.786. The molecule has 1 fully saturated rings. The smallest absolute Gasteiger partial charge is 0.307 e. The molecule has 0 spiro atoms. The molecule has 5 heteroatoms. The van der Waals surface area contributed by atoms with Gasteiger partial charge in [0, 0.05) is 19.6 Å². The van der Waals surface area contributed by atoms with E-state index in [1.165, 1.54) is 5.56 Å². The van der Waals surface area contributed by atoms with Crippen LogP contribution in [0.25, 0.3) is 0 Å². The van der Waals surface area contributed by atoms with Crippen molar-refractivity contribution in [3.8, 4) is 0 Å². The number of hydrogen-bond donors (Lipinski definition) is 1. The minimum absolute atomic E-state index is 0. The molecule has 0 unspecified atom stereocenters. The van der Waals surface area contributed by atoms with Gasteiger partial charge in [-0.3, -0.25) is 9.69 Å². The second kappa shape index (κ2) is 7.36. The van der Waals surface area contributed by atoms with E-state index in [0.29, 0.717) is 0 Å². The van der Waals surface area contributed by atoms with Crippen LogP contribution in [0.4, 0.5) is 0 Å². The Labute approximate surface area is 113 Å². The van der Waals surface area contributed by atoms with Crippen LogP contribution in [0.1, 0.15) is 11.1 Å². The fraction of sp³-hybridized carbons (Fsp3) is 0.462. The molecule has 1 N–H and O–H groups in total. The van der Waals surface area contributed by atoms with Crippen LogP contribution in [-0.4, -0.2) is 42.3 Å². The first-order chi connectivity index (χ1) is 8.24. The summed E-state index contributed by atoms with van der Waals surface area (Å²) in [4.78, 5) is 12.9. The molecule has 0 aromatic heterocycles. The zero-order valence-electron chi connectivity index (χ0n) is 10.2. The molecule has 1 heterocycles. The molecule has 0 aliphatic carbocycles. The first-order valence-electron chi connectivity index (χ1n) is 5.84. The summed E-state index contributed by atoms with van der Waals surface area (Å²) in [5, 5.41) is 8.68. The number of benzene rings is 1. The fourth-order valence-corrected chi connectivity index (χ4v) is 1.95. The van der Waals surface area contributed by atoms with E-state index in [0.717, 1.165) is 38.4 Å². The summed E-state index contributed by atoms with van der Waals surface area (Å²) in [6, 6.07) is 7.80. The third kappa shape index (κ3) is 4.64. The summed E-state index contributed by atoms with van der Waals surface area (Å²) in [6.45, 7) is 4.46. The predicted octanol–water partition coefficient (Wildman–Crippen LogP) is 1.57. The van der Waals surface area contributed by atoms with Crippen LogP contribution in [0, 0.1) is 0 Å². The van der Waals surface area contributed by atoms with Crippen molar-refractivity contribution >= 4 is 18.4 Å². The molecule has 2 rings (SSSR count). The number of rotatable bonds is 4. The first kappa shape index (κ1) is 15.0. The SMILES string of the molecule is Cl.O=C(O)Cc1ccc(CN2CCOCC2)cc1. The Kier molecular flexibility index (Phi) is 6.12. The molecule has 0 radical (unpaired) electrons. The maximum atomic E-state index is 10.5. The van der Waals surface area contributed by atoms with Crippen molar-refractivity contribution in [2.45, 2.75) is 13.0 Å². The number of carboxylic acid groups (broad SMARTS) is 1. The Balaban J connectivity index is 0.00000162. The molecule has 4 nitrogen and oxygen atoms in total. The lowest BCUT2D eigenvalue weighted by Crippen LogP contribution is -2.35. The average Bonchev–Trinajstić information content (AvgIpc) is 2.32. The minimum Gasteiger partial charge on any atom is -0.481 e. The Morgan fingerprint density at radius 1 is 1.17 bits per heavy atom. The molecule has 1 aliphatic rings. The molecule has 1 aromatic carbocycles. The van der Waals surface area contributed by atoms with Crippen molar-refractivity contribution < 1.29 is 14.6 Å². The van der Waals surface area contributed by atoms with E-state index in [9.17, 15) is 4.79 Å². The quantitative estimate of drug-likeness (QED) is 0.903. The third-order valence-corrected chi connectivity index (χ3v) is 2.89. The van der Waals surface area contributed by atoms with Crippen molar-refractivity contribution in [3.05, 3.63) is 35.4 Å². The predicted molar refractivity (Wildman–Crippen MR) is 71.1 cm³/mol. The Hall–Kier alpha value is -1.10. The molecule has 18 heavy (non-hydrogen) atoms. The lowest BCUT2D eigenvalue weighted by Gasteiger charge is -2.26. The summed E-state index contributed by atoms with van der Waals surface area (Å²) in [7, 11) is 0. The summed E-state index contributed by atoms with van der Waals surface area (Å²) in [5.41, 5.74) is 2.07. The second-order valence-electron chi connectivity index (χ2n) is 4.28. The Bertz CT molecular complexity index is 374. The monoisotopic (exact) mass is 271 g/mol. The van der Waals surface area contributed by atoms with Crippen LogP contribution in [0.3, 0.4) is 0 Å². The summed E-state index contributed by atoms with van der Waals surface area (Å²) in [6.07, 6.45) is 0.0951. The van der Waals surface area contributed by atoms with Gasteiger partial charge in [0.05, 0.1) is 19.6 Å². The molecule has 1 aliphatic heterocycles. The van der Waals surface area contributed by atoms with E-state index in [1.54, 1.807) is 0 Å². The zero-order chi connectivity index (χ0) is 12.1. The molecule has 1 aromatic rings. The number of carbonyl (C=O) groups is 1. The highest BCUT2D eigenvalue weighted by Crippen LogP contribution is 2.09. The van der Waals surface area contributed by atoms with E-state index < -0.39 is 5.97 Å². The Morgan fingerprint density at radius 2 is 1.72 bits per heavy atom. The molecule has 1 saturated heterocycles. The van der Waals surface area contributed by atoms with Crippen LogP contribution in [0.5, 0.6) is 0 Å². The molecular formula is C13H18ClNO3. The van der Waals surface area contributed by atoms with Gasteiger partial charge in [-0.2, -0.15) is 0 Å². The van der Waals surface area contributed by atoms with Gasteiger partial charge in [-0.05, 0) is 11.1 Å². The molecular weight excluding hydrogens is 254 g/mol. The molecule has 0 saturated carbocycles. The van der Waals surface area contributed by atoms with Crippen molar-refractivity contribution in [2.24, 2.45) is 0 Å². The number of aliphatic carboxylic acids is 1. The number of hydrogen-bond acceptors (Lipinski definition) is 3. The van der Waals surface area contributed by atoms with E-state index in [1.807, 2.05) is 24.3 Å². The van der Waals surface area contributed by atoms with Crippen molar-refractivity contribution in [1.29, 1.82) is 0 Å². The number of halogens is 1. The highest BCUT2D eigenvalue weighted by Gasteiger charge is 2.10. The normalized spacial score (nSPS) is 16.0. The second-order valence-corrected chi connectivity index (χ2v) is 4.28. The van der Waals surface area contributed by atoms with Gasteiger partial charge in [0.2, 0.25) is 0 Å². The topological polar surface area (TPSA) is 49.8 Å². The van der Waals surface area contributed by atoms with Gasteiger partial charge >= 0.3 is 5.97 Å². The van der Waals surface area contributed by atoms with Crippen LogP contribution in [-0.2, 0) is 22.5 Å². The minimum atomic E-state index is -0.786. The van der Waals surface area contributed by atoms with E-state index >= 15 is 0 Å². The molecule has 0 bridgehead atoms. The van der Waals surface area contributed by atoms with Crippen molar-refractivity contribution in [1.82, 2.24) is 4.90 Å². The van der Waals surface area contributed by atoms with Gasteiger partial charge in [-0.1, -0.05) is 24.3 Å². The van der Waals surface area contributed by atoms with Crippen LogP contribution in [0.15, 0.2) is 24.3 Å². The number of ether oxygens (including phenoxy) is 1. The number of nitrogens with zero attached hydrogens (tertiary/aromatic N) is 1. The van der Waals surface area contributed by atoms with E-state index in [2.05, 4.69) is 4.90 Å². The van der Waals surface area contributed by atoms with E-state index in [4.69, 9.17) is 9.84 Å². The van der Waals surface area contributed by atoms with Crippen LogP contribution < -0.4 is 0 Å². The highest BCUT2D eigenvalue weighted by molar-refractivity contribution is 5.85. The molecule has 0 amide bonds.